The Hall–Kier alpha value is -0.870. The summed E-state index contributed by atoms with van der Waals surface area (Å²) in [6.45, 7) is 14.1. The van der Waals surface area contributed by atoms with E-state index in [1.165, 1.54) is 0 Å². The van der Waals surface area contributed by atoms with E-state index in [9.17, 15) is 4.79 Å². The van der Waals surface area contributed by atoms with Crippen LogP contribution in [0, 0.1) is 0 Å². The maximum absolute atomic E-state index is 12.2. The van der Waals surface area contributed by atoms with Crippen molar-refractivity contribution in [1.82, 2.24) is 14.7 Å². The summed E-state index contributed by atoms with van der Waals surface area (Å²) < 4.78 is 0. The highest BCUT2D eigenvalue weighted by Gasteiger charge is 2.18. The van der Waals surface area contributed by atoms with Crippen molar-refractivity contribution in [2.75, 3.05) is 52.9 Å². The lowest BCUT2D eigenvalue weighted by molar-refractivity contribution is -0.131. The van der Waals surface area contributed by atoms with Gasteiger partial charge in [-0.2, -0.15) is 0 Å². The second-order valence-electron chi connectivity index (χ2n) is 5.30. The molecule has 0 saturated carbocycles. The Balaban J connectivity index is 2.44. The Morgan fingerprint density at radius 3 is 2.61 bits per heavy atom. The van der Waals surface area contributed by atoms with E-state index in [1.807, 2.05) is 18.7 Å². The van der Waals surface area contributed by atoms with E-state index < -0.39 is 0 Å². The predicted molar refractivity (Wildman–Crippen MR) is 75.6 cm³/mol. The normalized spacial score (nSPS) is 18.4. The quantitative estimate of drug-likeness (QED) is 0.685. The second kappa shape index (κ2) is 7.54. The van der Waals surface area contributed by atoms with Crippen molar-refractivity contribution in [3.63, 3.8) is 0 Å². The molecule has 0 aromatic heterocycles. The Bertz CT molecular complexity index is 291. The molecule has 0 radical (unpaired) electrons. The summed E-state index contributed by atoms with van der Waals surface area (Å²) in [5.74, 6) is 0.227. The molecule has 1 rings (SSSR count). The second-order valence-corrected chi connectivity index (χ2v) is 5.30. The summed E-state index contributed by atoms with van der Waals surface area (Å²) in [5, 5.41) is 0. The zero-order valence-corrected chi connectivity index (χ0v) is 12.1. The molecule has 1 amide bonds. The topological polar surface area (TPSA) is 26.8 Å². The van der Waals surface area contributed by atoms with Gasteiger partial charge in [-0.15, -0.1) is 0 Å². The third-order valence-electron chi connectivity index (χ3n) is 3.37. The van der Waals surface area contributed by atoms with Crippen LogP contribution in [0.25, 0.3) is 0 Å². The lowest BCUT2D eigenvalue weighted by Crippen LogP contribution is -2.42. The Morgan fingerprint density at radius 2 is 2.00 bits per heavy atom. The number of carbonyl (C=O) groups excluding carboxylic acids is 1. The number of rotatable bonds is 5. The minimum absolute atomic E-state index is 0.227. The van der Waals surface area contributed by atoms with Crippen LogP contribution in [0.3, 0.4) is 0 Å². The fourth-order valence-electron chi connectivity index (χ4n) is 2.25. The van der Waals surface area contributed by atoms with E-state index >= 15 is 0 Å². The van der Waals surface area contributed by atoms with Crippen LogP contribution in [0.4, 0.5) is 0 Å². The minimum Gasteiger partial charge on any atom is -0.338 e. The first-order valence-corrected chi connectivity index (χ1v) is 6.86. The van der Waals surface area contributed by atoms with Gasteiger partial charge in [0.2, 0.25) is 5.91 Å². The molecular formula is C14H27N3O. The molecular weight excluding hydrogens is 226 g/mol. The molecule has 1 aliphatic rings. The van der Waals surface area contributed by atoms with Gasteiger partial charge in [0.05, 0.1) is 6.54 Å². The molecule has 1 fully saturated rings. The molecule has 1 heterocycles. The molecule has 0 aromatic rings. The smallest absolute Gasteiger partial charge is 0.237 e. The van der Waals surface area contributed by atoms with E-state index in [4.69, 9.17) is 0 Å². The first-order valence-electron chi connectivity index (χ1n) is 6.86. The van der Waals surface area contributed by atoms with Gasteiger partial charge in [0.1, 0.15) is 0 Å². The fraction of sp³-hybridized carbons (Fsp3) is 0.786. The first-order chi connectivity index (χ1) is 8.52. The largest absolute Gasteiger partial charge is 0.338 e. The Labute approximate surface area is 111 Å². The van der Waals surface area contributed by atoms with E-state index in [0.717, 1.165) is 44.7 Å². The number of hydrogen-bond acceptors (Lipinski definition) is 3. The maximum Gasteiger partial charge on any atom is 0.237 e. The highest BCUT2D eigenvalue weighted by Crippen LogP contribution is 2.03. The molecule has 0 aromatic carbocycles. The van der Waals surface area contributed by atoms with Gasteiger partial charge in [0.25, 0.3) is 0 Å². The van der Waals surface area contributed by atoms with Gasteiger partial charge < -0.3 is 9.80 Å². The van der Waals surface area contributed by atoms with Gasteiger partial charge >= 0.3 is 0 Å². The molecule has 0 N–H and O–H groups in total. The number of carbonyl (C=O) groups is 1. The molecule has 1 saturated heterocycles. The summed E-state index contributed by atoms with van der Waals surface area (Å²) in [4.78, 5) is 18.7. The lowest BCUT2D eigenvalue weighted by atomic mass is 10.3. The molecule has 0 aliphatic carbocycles. The van der Waals surface area contributed by atoms with Gasteiger partial charge in [-0.1, -0.05) is 12.2 Å². The van der Waals surface area contributed by atoms with E-state index in [1.54, 1.807) is 0 Å². The summed E-state index contributed by atoms with van der Waals surface area (Å²) in [7, 11) is 2.14. The van der Waals surface area contributed by atoms with Crippen molar-refractivity contribution in [2.45, 2.75) is 20.3 Å². The average molecular weight is 253 g/mol. The highest BCUT2D eigenvalue weighted by molar-refractivity contribution is 5.78. The van der Waals surface area contributed by atoms with Crippen LogP contribution in [-0.4, -0.2) is 73.5 Å². The number of amides is 1. The molecule has 104 valence electrons. The summed E-state index contributed by atoms with van der Waals surface area (Å²) in [6, 6.07) is 0. The molecule has 4 heteroatoms. The van der Waals surface area contributed by atoms with E-state index in [-0.39, 0.29) is 5.91 Å². The van der Waals surface area contributed by atoms with Crippen molar-refractivity contribution in [1.29, 1.82) is 0 Å². The van der Waals surface area contributed by atoms with Crippen LogP contribution in [0.1, 0.15) is 20.3 Å². The summed E-state index contributed by atoms with van der Waals surface area (Å²) in [5.41, 5.74) is 1.04. The van der Waals surface area contributed by atoms with Gasteiger partial charge in [-0.3, -0.25) is 9.69 Å². The Morgan fingerprint density at radius 1 is 1.28 bits per heavy atom. The SMILES string of the molecule is C=C(C)CN(CC)C(=O)CN1CCCN(C)CC1. The average Bonchev–Trinajstić information content (AvgIpc) is 2.51. The maximum atomic E-state index is 12.2. The van der Waals surface area contributed by atoms with Crippen LogP contribution in [-0.2, 0) is 4.79 Å². The molecule has 0 unspecified atom stereocenters. The van der Waals surface area contributed by atoms with Crippen LogP contribution in [0.5, 0.6) is 0 Å². The summed E-state index contributed by atoms with van der Waals surface area (Å²) in [6.07, 6.45) is 1.15. The fourth-order valence-corrected chi connectivity index (χ4v) is 2.25. The van der Waals surface area contributed by atoms with E-state index in [0.29, 0.717) is 13.1 Å². The third kappa shape index (κ3) is 5.19. The highest BCUT2D eigenvalue weighted by atomic mass is 16.2. The number of hydrogen-bond donors (Lipinski definition) is 0. The van der Waals surface area contributed by atoms with Gasteiger partial charge in [0, 0.05) is 26.2 Å². The van der Waals surface area contributed by atoms with Crippen LogP contribution >= 0.6 is 0 Å². The van der Waals surface area contributed by atoms with Crippen molar-refractivity contribution in [3.8, 4) is 0 Å². The lowest BCUT2D eigenvalue weighted by Gasteiger charge is -2.25. The third-order valence-corrected chi connectivity index (χ3v) is 3.37. The van der Waals surface area contributed by atoms with Gasteiger partial charge in [0.15, 0.2) is 0 Å². The van der Waals surface area contributed by atoms with Gasteiger partial charge in [-0.25, -0.2) is 0 Å². The van der Waals surface area contributed by atoms with Crippen molar-refractivity contribution in [2.24, 2.45) is 0 Å². The summed E-state index contributed by atoms with van der Waals surface area (Å²) >= 11 is 0. The standard InChI is InChI=1S/C14H27N3O/c1-5-17(11-13(2)3)14(18)12-16-8-6-7-15(4)9-10-16/h2,5-12H2,1,3-4H3. The van der Waals surface area contributed by atoms with Crippen molar-refractivity contribution in [3.05, 3.63) is 12.2 Å². The minimum atomic E-state index is 0.227. The van der Waals surface area contributed by atoms with Crippen molar-refractivity contribution < 1.29 is 4.79 Å². The molecule has 0 bridgehead atoms. The number of likely N-dealkylation sites (N-methyl/N-ethyl adjacent to an activating group) is 2. The van der Waals surface area contributed by atoms with Crippen molar-refractivity contribution >= 4 is 5.91 Å². The monoisotopic (exact) mass is 253 g/mol. The Kier molecular flexibility index (Phi) is 6.36. The van der Waals surface area contributed by atoms with Crippen LogP contribution in [0.2, 0.25) is 0 Å². The van der Waals surface area contributed by atoms with Crippen LogP contribution in [0.15, 0.2) is 12.2 Å². The molecule has 0 spiro atoms. The molecule has 1 aliphatic heterocycles. The predicted octanol–water partition coefficient (Wildman–Crippen LogP) is 1.05. The molecule has 0 atom stereocenters. The molecule has 4 nitrogen and oxygen atoms in total. The van der Waals surface area contributed by atoms with Crippen LogP contribution < -0.4 is 0 Å². The van der Waals surface area contributed by atoms with Gasteiger partial charge in [-0.05, 0) is 40.4 Å². The zero-order valence-electron chi connectivity index (χ0n) is 12.1. The first kappa shape index (κ1) is 15.2. The number of nitrogens with zero attached hydrogens (tertiary/aromatic N) is 3. The molecule has 18 heavy (non-hydrogen) atoms. The zero-order chi connectivity index (χ0) is 13.5. The van der Waals surface area contributed by atoms with E-state index in [2.05, 4.69) is 23.4 Å².